The van der Waals surface area contributed by atoms with E-state index in [9.17, 15) is 9.59 Å². The van der Waals surface area contributed by atoms with Gasteiger partial charge >= 0.3 is 5.97 Å². The van der Waals surface area contributed by atoms with Crippen molar-refractivity contribution in [2.75, 3.05) is 14.2 Å². The van der Waals surface area contributed by atoms with Gasteiger partial charge < -0.3 is 14.0 Å². The van der Waals surface area contributed by atoms with Crippen LogP contribution in [0.5, 0.6) is 5.75 Å². The lowest BCUT2D eigenvalue weighted by Gasteiger charge is -2.27. The van der Waals surface area contributed by atoms with Gasteiger partial charge in [-0.15, -0.1) is 0 Å². The molecular weight excluding hydrogens is 342 g/mol. The van der Waals surface area contributed by atoms with E-state index in [-0.39, 0.29) is 11.7 Å². The zero-order chi connectivity index (χ0) is 19.1. The molecule has 4 rings (SSSR count). The first-order chi connectivity index (χ1) is 13.1. The van der Waals surface area contributed by atoms with Gasteiger partial charge in [-0.2, -0.15) is 0 Å². The lowest BCUT2D eigenvalue weighted by molar-refractivity contribution is -0.150. The molecule has 1 heterocycles. The molecule has 2 atom stereocenters. The molecule has 1 aromatic heterocycles. The number of aryl methyl sites for hydroxylation is 1. The zero-order valence-corrected chi connectivity index (χ0v) is 15.8. The van der Waals surface area contributed by atoms with Crippen LogP contribution >= 0.6 is 0 Å². The Morgan fingerprint density at radius 3 is 2.67 bits per heavy atom. The van der Waals surface area contributed by atoms with Crippen molar-refractivity contribution in [2.24, 2.45) is 13.0 Å². The second kappa shape index (κ2) is 6.72. The topological polar surface area (TPSA) is 57.5 Å². The number of methoxy groups -OCH3 is 2. The van der Waals surface area contributed by atoms with Gasteiger partial charge in [-0.1, -0.05) is 24.3 Å². The Labute approximate surface area is 157 Å². The van der Waals surface area contributed by atoms with Crippen LogP contribution in [0.1, 0.15) is 30.7 Å². The highest BCUT2D eigenvalue weighted by Crippen LogP contribution is 2.43. The van der Waals surface area contributed by atoms with E-state index in [0.717, 1.165) is 34.0 Å². The standard InChI is InChI=1S/C22H23NO4/c1-23-17-7-5-4-6-15(17)20-14(9-11-19(26-2)21(20)23)13-8-10-18(24)16(12-13)22(25)27-3/h4-7,9,11,13,16H,8,10,12H2,1-3H3. The van der Waals surface area contributed by atoms with Crippen LogP contribution in [-0.2, 0) is 21.4 Å². The quantitative estimate of drug-likeness (QED) is 0.521. The van der Waals surface area contributed by atoms with Gasteiger partial charge in [-0.25, -0.2) is 0 Å². The normalized spacial score (nSPS) is 20.2. The minimum absolute atomic E-state index is 0.0132. The molecule has 3 aromatic rings. The third kappa shape index (κ3) is 2.69. The summed E-state index contributed by atoms with van der Waals surface area (Å²) >= 11 is 0. The molecule has 0 N–H and O–H groups in total. The molecular formula is C22H23NO4. The van der Waals surface area contributed by atoms with Gasteiger partial charge in [0.15, 0.2) is 0 Å². The van der Waals surface area contributed by atoms with E-state index >= 15 is 0 Å². The average molecular weight is 365 g/mol. The maximum atomic E-state index is 12.2. The van der Waals surface area contributed by atoms with Crippen LogP contribution in [0.15, 0.2) is 36.4 Å². The van der Waals surface area contributed by atoms with E-state index < -0.39 is 11.9 Å². The first-order valence-corrected chi connectivity index (χ1v) is 9.21. The van der Waals surface area contributed by atoms with Crippen molar-refractivity contribution in [1.82, 2.24) is 4.57 Å². The van der Waals surface area contributed by atoms with Gasteiger partial charge in [0.05, 0.1) is 19.7 Å². The summed E-state index contributed by atoms with van der Waals surface area (Å²) in [5.74, 6) is -0.149. The molecule has 0 radical (unpaired) electrons. The van der Waals surface area contributed by atoms with E-state index in [1.54, 1.807) is 7.11 Å². The van der Waals surface area contributed by atoms with E-state index in [2.05, 4.69) is 22.8 Å². The van der Waals surface area contributed by atoms with Crippen LogP contribution in [0, 0.1) is 5.92 Å². The van der Waals surface area contributed by atoms with E-state index in [0.29, 0.717) is 12.8 Å². The molecule has 0 bridgehead atoms. The highest BCUT2D eigenvalue weighted by molar-refractivity contribution is 6.12. The van der Waals surface area contributed by atoms with Crippen molar-refractivity contribution in [1.29, 1.82) is 0 Å². The molecule has 140 valence electrons. The number of carbonyl (C=O) groups is 2. The molecule has 1 aliphatic carbocycles. The third-order valence-corrected chi connectivity index (χ3v) is 5.84. The lowest BCUT2D eigenvalue weighted by atomic mass is 9.76. The number of hydrogen-bond acceptors (Lipinski definition) is 4. The zero-order valence-electron chi connectivity index (χ0n) is 15.8. The number of para-hydroxylation sites is 1. The lowest BCUT2D eigenvalue weighted by Crippen LogP contribution is -2.31. The molecule has 0 aliphatic heterocycles. The van der Waals surface area contributed by atoms with E-state index in [1.807, 2.05) is 25.2 Å². The number of esters is 1. The van der Waals surface area contributed by atoms with Crippen molar-refractivity contribution in [3.05, 3.63) is 42.0 Å². The fourth-order valence-corrected chi connectivity index (χ4v) is 4.48. The summed E-state index contributed by atoms with van der Waals surface area (Å²) in [7, 11) is 5.06. The Balaban J connectivity index is 1.91. The van der Waals surface area contributed by atoms with Gasteiger partial charge in [-0.05, 0) is 36.5 Å². The van der Waals surface area contributed by atoms with Crippen molar-refractivity contribution in [2.45, 2.75) is 25.2 Å². The van der Waals surface area contributed by atoms with Crippen LogP contribution in [0.25, 0.3) is 21.8 Å². The third-order valence-electron chi connectivity index (χ3n) is 5.84. The SMILES string of the molecule is COC(=O)C1CC(c2ccc(OC)c3c2c2ccccc2n3C)CCC1=O. The van der Waals surface area contributed by atoms with Gasteiger partial charge in [0, 0.05) is 29.8 Å². The summed E-state index contributed by atoms with van der Waals surface area (Å²) in [6.45, 7) is 0. The fraction of sp³-hybridized carbons (Fsp3) is 0.364. The summed E-state index contributed by atoms with van der Waals surface area (Å²) in [4.78, 5) is 24.3. The Kier molecular flexibility index (Phi) is 4.38. The molecule has 1 fully saturated rings. The molecule has 0 amide bonds. The second-order valence-electron chi connectivity index (χ2n) is 7.17. The number of rotatable bonds is 3. The molecule has 2 unspecified atom stereocenters. The molecule has 5 heteroatoms. The number of hydrogen-bond donors (Lipinski definition) is 0. The molecule has 1 saturated carbocycles. The van der Waals surface area contributed by atoms with Gasteiger partial charge in [0.2, 0.25) is 0 Å². The summed E-state index contributed by atoms with van der Waals surface area (Å²) in [6.07, 6.45) is 1.65. The predicted octanol–water partition coefficient (Wildman–Crippen LogP) is 3.97. The predicted molar refractivity (Wildman–Crippen MR) is 104 cm³/mol. The molecule has 1 aliphatic rings. The van der Waals surface area contributed by atoms with Crippen LogP contribution in [0.3, 0.4) is 0 Å². The highest BCUT2D eigenvalue weighted by atomic mass is 16.5. The van der Waals surface area contributed by atoms with Crippen molar-refractivity contribution in [3.63, 3.8) is 0 Å². The van der Waals surface area contributed by atoms with Crippen molar-refractivity contribution < 1.29 is 19.1 Å². The number of aromatic nitrogens is 1. The Hall–Kier alpha value is -2.82. The number of nitrogens with zero attached hydrogens (tertiary/aromatic N) is 1. The molecule has 2 aromatic carbocycles. The van der Waals surface area contributed by atoms with Crippen molar-refractivity contribution >= 4 is 33.6 Å². The van der Waals surface area contributed by atoms with Gasteiger partial charge in [0.1, 0.15) is 17.5 Å². The van der Waals surface area contributed by atoms with Crippen LogP contribution in [0.2, 0.25) is 0 Å². The Morgan fingerprint density at radius 1 is 1.15 bits per heavy atom. The maximum absolute atomic E-state index is 12.2. The molecule has 27 heavy (non-hydrogen) atoms. The highest BCUT2D eigenvalue weighted by Gasteiger charge is 2.36. The smallest absolute Gasteiger partial charge is 0.316 e. The van der Waals surface area contributed by atoms with Crippen LogP contribution in [0.4, 0.5) is 0 Å². The van der Waals surface area contributed by atoms with Gasteiger partial charge in [0.25, 0.3) is 0 Å². The van der Waals surface area contributed by atoms with Crippen LogP contribution < -0.4 is 4.74 Å². The minimum atomic E-state index is -0.666. The number of fused-ring (bicyclic) bond motifs is 3. The van der Waals surface area contributed by atoms with E-state index in [4.69, 9.17) is 9.47 Å². The molecule has 5 nitrogen and oxygen atoms in total. The first-order valence-electron chi connectivity index (χ1n) is 9.21. The average Bonchev–Trinajstić information content (AvgIpc) is 3.01. The Morgan fingerprint density at radius 2 is 1.93 bits per heavy atom. The fourth-order valence-electron chi connectivity index (χ4n) is 4.48. The number of ether oxygens (including phenoxy) is 2. The largest absolute Gasteiger partial charge is 0.495 e. The first kappa shape index (κ1) is 17.6. The molecule has 0 spiro atoms. The van der Waals surface area contributed by atoms with Gasteiger partial charge in [-0.3, -0.25) is 9.59 Å². The number of carbonyl (C=O) groups excluding carboxylic acids is 2. The summed E-state index contributed by atoms with van der Waals surface area (Å²) in [5, 5.41) is 2.31. The van der Waals surface area contributed by atoms with Crippen molar-refractivity contribution in [3.8, 4) is 5.75 Å². The molecule has 0 saturated heterocycles. The Bertz CT molecular complexity index is 1040. The van der Waals surface area contributed by atoms with Crippen LogP contribution in [-0.4, -0.2) is 30.5 Å². The number of benzene rings is 2. The van der Waals surface area contributed by atoms with E-state index in [1.165, 1.54) is 12.7 Å². The number of Topliss-reactive ketones (excluding diaryl/α,β-unsaturated/α-hetero) is 1. The minimum Gasteiger partial charge on any atom is -0.495 e. The summed E-state index contributed by atoms with van der Waals surface area (Å²) < 4.78 is 12.6. The monoisotopic (exact) mass is 365 g/mol. The summed E-state index contributed by atoms with van der Waals surface area (Å²) in [5.41, 5.74) is 3.35. The number of ketones is 1. The summed E-state index contributed by atoms with van der Waals surface area (Å²) in [6, 6.07) is 12.3. The second-order valence-corrected chi connectivity index (χ2v) is 7.17. The maximum Gasteiger partial charge on any atom is 0.316 e.